The van der Waals surface area contributed by atoms with E-state index in [1.54, 1.807) is 6.07 Å². The van der Waals surface area contributed by atoms with Crippen molar-refractivity contribution in [1.82, 2.24) is 4.31 Å². The molecule has 0 unspecified atom stereocenters. The van der Waals surface area contributed by atoms with Crippen molar-refractivity contribution in [3.63, 3.8) is 0 Å². The molecule has 0 fully saturated rings. The van der Waals surface area contributed by atoms with Crippen molar-refractivity contribution in [2.45, 2.75) is 31.4 Å². The first-order valence-electron chi connectivity index (χ1n) is 8.59. The lowest BCUT2D eigenvalue weighted by atomic mass is 10.2. The van der Waals surface area contributed by atoms with E-state index in [9.17, 15) is 8.42 Å². The zero-order valence-electron chi connectivity index (χ0n) is 15.4. The van der Waals surface area contributed by atoms with Crippen LogP contribution in [-0.2, 0) is 16.4 Å². The fourth-order valence-corrected chi connectivity index (χ4v) is 5.48. The molecule has 1 aromatic carbocycles. The van der Waals surface area contributed by atoms with E-state index in [2.05, 4.69) is 10.3 Å². The Balaban J connectivity index is 1.95. The Bertz CT molecular complexity index is 856. The van der Waals surface area contributed by atoms with Crippen LogP contribution in [0, 0.1) is 6.92 Å². The third-order valence-corrected chi connectivity index (χ3v) is 7.53. The smallest absolute Gasteiger partial charge is 0.252 e. The number of aryl methyl sites for hydroxylation is 1. The zero-order chi connectivity index (χ0) is 19.2. The first kappa shape index (κ1) is 20.4. The van der Waals surface area contributed by atoms with Gasteiger partial charge in [0.15, 0.2) is 5.96 Å². The largest absolute Gasteiger partial charge is 0.370 e. The number of nitrogens with two attached hydrogens (primary N) is 1. The third-order valence-electron chi connectivity index (χ3n) is 3.87. The van der Waals surface area contributed by atoms with E-state index in [0.717, 1.165) is 16.1 Å². The van der Waals surface area contributed by atoms with Gasteiger partial charge < -0.3 is 11.1 Å². The Morgan fingerprint density at radius 1 is 1.23 bits per heavy atom. The van der Waals surface area contributed by atoms with Crippen LogP contribution in [0.1, 0.15) is 24.3 Å². The van der Waals surface area contributed by atoms with E-state index in [-0.39, 0.29) is 0 Å². The molecular weight excluding hydrogens is 368 g/mol. The summed E-state index contributed by atoms with van der Waals surface area (Å²) in [6, 6.07) is 11.4. The molecule has 8 heteroatoms. The molecule has 2 rings (SSSR count). The minimum Gasteiger partial charge on any atom is -0.370 e. The Labute approximate surface area is 159 Å². The SMILES string of the molecule is CCN(CC)S(=O)(=O)c1ccc(CCN=C(N)Nc2cccc(C)c2)s1. The van der Waals surface area contributed by atoms with E-state index < -0.39 is 10.0 Å². The number of anilines is 1. The zero-order valence-corrected chi connectivity index (χ0v) is 17.0. The molecule has 0 aliphatic carbocycles. The van der Waals surface area contributed by atoms with Crippen molar-refractivity contribution >= 4 is 33.0 Å². The average Bonchev–Trinajstić information content (AvgIpc) is 3.05. The number of aliphatic imine (C=N–C) groups is 1. The maximum Gasteiger partial charge on any atom is 0.252 e. The molecule has 1 aromatic heterocycles. The number of thiophene rings is 1. The summed E-state index contributed by atoms with van der Waals surface area (Å²) in [4.78, 5) is 5.29. The van der Waals surface area contributed by atoms with Gasteiger partial charge in [-0.25, -0.2) is 8.42 Å². The molecule has 1 heterocycles. The summed E-state index contributed by atoms with van der Waals surface area (Å²) in [5.74, 6) is 0.350. The van der Waals surface area contributed by atoms with Gasteiger partial charge in [0.2, 0.25) is 0 Å². The number of rotatable bonds is 8. The number of hydrogen-bond acceptors (Lipinski definition) is 4. The number of hydrogen-bond donors (Lipinski definition) is 2. The maximum atomic E-state index is 12.5. The van der Waals surface area contributed by atoms with Crippen LogP contribution in [0.4, 0.5) is 5.69 Å². The summed E-state index contributed by atoms with van der Waals surface area (Å²) < 4.78 is 26.8. The fraction of sp³-hybridized carbons (Fsp3) is 0.389. The number of nitrogens with one attached hydrogen (secondary N) is 1. The molecular formula is C18H26N4O2S2. The molecule has 2 aromatic rings. The normalized spacial score (nSPS) is 12.5. The average molecular weight is 395 g/mol. The van der Waals surface area contributed by atoms with Gasteiger partial charge in [0, 0.05) is 36.6 Å². The molecule has 0 aliphatic rings. The molecule has 0 bridgehead atoms. The van der Waals surface area contributed by atoms with Crippen LogP contribution < -0.4 is 11.1 Å². The molecule has 0 aliphatic heterocycles. The summed E-state index contributed by atoms with van der Waals surface area (Å²) in [5.41, 5.74) is 7.95. The van der Waals surface area contributed by atoms with E-state index in [0.29, 0.717) is 36.2 Å². The summed E-state index contributed by atoms with van der Waals surface area (Å²) in [7, 11) is -3.39. The topological polar surface area (TPSA) is 87.8 Å². The molecule has 26 heavy (non-hydrogen) atoms. The Morgan fingerprint density at radius 3 is 2.62 bits per heavy atom. The number of nitrogens with zero attached hydrogens (tertiary/aromatic N) is 2. The lowest BCUT2D eigenvalue weighted by Crippen LogP contribution is -2.29. The standard InChI is InChI=1S/C18H26N4O2S2/c1-4-22(5-2)26(23,24)17-10-9-16(25-17)11-12-20-18(19)21-15-8-6-7-14(3)13-15/h6-10,13H,4-5,11-12H2,1-3H3,(H3,19,20,21). The Kier molecular flexibility index (Phi) is 7.19. The van der Waals surface area contributed by atoms with Crippen LogP contribution in [0.15, 0.2) is 45.6 Å². The first-order valence-corrected chi connectivity index (χ1v) is 10.8. The van der Waals surface area contributed by atoms with Crippen molar-refractivity contribution < 1.29 is 8.42 Å². The third kappa shape index (κ3) is 5.30. The van der Waals surface area contributed by atoms with Gasteiger partial charge in [-0.15, -0.1) is 11.3 Å². The minimum atomic E-state index is -3.39. The van der Waals surface area contributed by atoms with Crippen LogP contribution in [0.5, 0.6) is 0 Å². The van der Waals surface area contributed by atoms with Gasteiger partial charge in [0.05, 0.1) is 0 Å². The molecule has 0 saturated carbocycles. The summed E-state index contributed by atoms with van der Waals surface area (Å²) >= 11 is 1.30. The molecule has 142 valence electrons. The first-order chi connectivity index (χ1) is 12.4. The fourth-order valence-electron chi connectivity index (χ4n) is 2.52. The molecule has 6 nitrogen and oxygen atoms in total. The van der Waals surface area contributed by atoms with E-state index in [4.69, 9.17) is 5.73 Å². The highest BCUT2D eigenvalue weighted by molar-refractivity contribution is 7.91. The van der Waals surface area contributed by atoms with Crippen molar-refractivity contribution in [2.24, 2.45) is 10.7 Å². The molecule has 0 saturated heterocycles. The Morgan fingerprint density at radius 2 is 1.96 bits per heavy atom. The molecule has 0 amide bonds. The van der Waals surface area contributed by atoms with Crippen LogP contribution in [0.25, 0.3) is 0 Å². The quantitative estimate of drug-likeness (QED) is 0.532. The second-order valence-corrected chi connectivity index (χ2v) is 9.15. The van der Waals surface area contributed by atoms with Crippen molar-refractivity contribution in [2.75, 3.05) is 25.0 Å². The van der Waals surface area contributed by atoms with Crippen LogP contribution in [0.2, 0.25) is 0 Å². The monoisotopic (exact) mass is 394 g/mol. The maximum absolute atomic E-state index is 12.5. The number of benzene rings is 1. The Hall–Kier alpha value is -1.90. The van der Waals surface area contributed by atoms with Gasteiger partial charge in [-0.3, -0.25) is 4.99 Å². The van der Waals surface area contributed by atoms with Crippen LogP contribution >= 0.6 is 11.3 Å². The molecule has 3 N–H and O–H groups in total. The van der Waals surface area contributed by atoms with Gasteiger partial charge in [-0.1, -0.05) is 26.0 Å². The second kappa shape index (κ2) is 9.16. The van der Waals surface area contributed by atoms with Gasteiger partial charge in [0.25, 0.3) is 10.0 Å². The van der Waals surface area contributed by atoms with Gasteiger partial charge in [-0.05, 0) is 36.8 Å². The lowest BCUT2D eigenvalue weighted by Gasteiger charge is -2.16. The molecule has 0 spiro atoms. The highest BCUT2D eigenvalue weighted by Crippen LogP contribution is 2.25. The predicted octanol–water partition coefficient (Wildman–Crippen LogP) is 3.06. The van der Waals surface area contributed by atoms with Crippen molar-refractivity contribution in [3.8, 4) is 0 Å². The van der Waals surface area contributed by atoms with Gasteiger partial charge >= 0.3 is 0 Å². The highest BCUT2D eigenvalue weighted by Gasteiger charge is 2.23. The van der Waals surface area contributed by atoms with Crippen LogP contribution in [-0.4, -0.2) is 38.3 Å². The van der Waals surface area contributed by atoms with Crippen molar-refractivity contribution in [1.29, 1.82) is 0 Å². The second-order valence-electron chi connectivity index (χ2n) is 5.82. The summed E-state index contributed by atoms with van der Waals surface area (Å²) in [6.07, 6.45) is 0.647. The molecule has 0 atom stereocenters. The van der Waals surface area contributed by atoms with Gasteiger partial charge in [0.1, 0.15) is 4.21 Å². The van der Waals surface area contributed by atoms with E-state index in [1.807, 2.05) is 51.1 Å². The highest BCUT2D eigenvalue weighted by atomic mass is 32.2. The summed E-state index contributed by atoms with van der Waals surface area (Å²) in [6.45, 7) is 7.13. The van der Waals surface area contributed by atoms with Crippen molar-refractivity contribution in [3.05, 3.63) is 46.8 Å². The predicted molar refractivity (Wildman–Crippen MR) is 109 cm³/mol. The lowest BCUT2D eigenvalue weighted by molar-refractivity contribution is 0.447. The van der Waals surface area contributed by atoms with E-state index in [1.165, 1.54) is 15.6 Å². The van der Waals surface area contributed by atoms with Crippen LogP contribution in [0.3, 0.4) is 0 Å². The number of guanidine groups is 1. The number of sulfonamides is 1. The van der Waals surface area contributed by atoms with Gasteiger partial charge in [-0.2, -0.15) is 4.31 Å². The minimum absolute atomic E-state index is 0.350. The summed E-state index contributed by atoms with van der Waals surface area (Å²) in [5, 5.41) is 3.06. The molecule has 0 radical (unpaired) electrons. The van der Waals surface area contributed by atoms with E-state index >= 15 is 0 Å².